The molecule has 0 fully saturated rings. The molecule has 3 nitrogen and oxygen atoms in total. The van der Waals surface area contributed by atoms with E-state index in [4.69, 9.17) is 4.74 Å². The maximum absolute atomic E-state index is 11.5. The summed E-state index contributed by atoms with van der Waals surface area (Å²) in [5.41, 5.74) is 4.14. The fraction of sp³-hybridized carbons (Fsp3) is 0.182. The smallest absolute Gasteiger partial charge is 0.306 e. The van der Waals surface area contributed by atoms with Crippen LogP contribution in [0.4, 0.5) is 0 Å². The molecule has 0 saturated heterocycles. The summed E-state index contributed by atoms with van der Waals surface area (Å²) in [5, 5.41) is 1.14. The van der Waals surface area contributed by atoms with Crippen molar-refractivity contribution in [2.24, 2.45) is 0 Å². The van der Waals surface area contributed by atoms with E-state index in [2.05, 4.69) is 23.2 Å². The summed E-state index contributed by atoms with van der Waals surface area (Å²) in [4.78, 5) is 16.1. The molecule has 0 radical (unpaired) electrons. The molecule has 2 aromatic carbocycles. The fourth-order valence-electron chi connectivity index (χ4n) is 2.69. The van der Waals surface area contributed by atoms with Crippen molar-refractivity contribution >= 4 is 29.0 Å². The largest absolute Gasteiger partial charge is 0.466 e. The first kappa shape index (κ1) is 16.9. The van der Waals surface area contributed by atoms with Gasteiger partial charge in [0.25, 0.3) is 0 Å². The zero-order chi connectivity index (χ0) is 17.5. The maximum atomic E-state index is 11.5. The average Bonchev–Trinajstić information content (AvgIpc) is 2.65. The zero-order valence-electron chi connectivity index (χ0n) is 14.3. The summed E-state index contributed by atoms with van der Waals surface area (Å²) >= 11 is 0. The number of esters is 1. The van der Waals surface area contributed by atoms with E-state index in [9.17, 15) is 4.79 Å². The molecule has 0 atom stereocenters. The lowest BCUT2D eigenvalue weighted by molar-refractivity contribution is -0.143. The average molecular weight is 331 g/mol. The Morgan fingerprint density at radius 1 is 1.04 bits per heavy atom. The number of aromatic nitrogens is 1. The number of hydrogen-bond donors (Lipinski definition) is 0. The van der Waals surface area contributed by atoms with Gasteiger partial charge < -0.3 is 4.74 Å². The van der Waals surface area contributed by atoms with E-state index in [1.165, 1.54) is 0 Å². The number of ether oxygens (including phenoxy) is 1. The molecule has 25 heavy (non-hydrogen) atoms. The van der Waals surface area contributed by atoms with Gasteiger partial charge in [0, 0.05) is 11.8 Å². The molecule has 0 bridgehead atoms. The first-order valence-corrected chi connectivity index (χ1v) is 8.53. The Balaban J connectivity index is 1.70. The van der Waals surface area contributed by atoms with Crippen LogP contribution in [0.3, 0.4) is 0 Å². The highest BCUT2D eigenvalue weighted by atomic mass is 16.5. The monoisotopic (exact) mass is 331 g/mol. The van der Waals surface area contributed by atoms with Crippen LogP contribution in [0.1, 0.15) is 30.2 Å². The third-order valence-electron chi connectivity index (χ3n) is 3.94. The second-order valence-corrected chi connectivity index (χ2v) is 5.81. The highest BCUT2D eigenvalue weighted by Crippen LogP contribution is 2.15. The molecular weight excluding hydrogens is 310 g/mol. The van der Waals surface area contributed by atoms with Gasteiger partial charge in [0.05, 0.1) is 17.8 Å². The third-order valence-corrected chi connectivity index (χ3v) is 3.94. The number of fused-ring (bicyclic) bond motifs is 1. The Kier molecular flexibility index (Phi) is 5.57. The molecule has 0 N–H and O–H groups in total. The fourth-order valence-corrected chi connectivity index (χ4v) is 2.69. The lowest BCUT2D eigenvalue weighted by atomic mass is 10.1. The highest BCUT2D eigenvalue weighted by molar-refractivity contribution is 5.80. The van der Waals surface area contributed by atoms with E-state index >= 15 is 0 Å². The van der Waals surface area contributed by atoms with E-state index in [-0.39, 0.29) is 5.97 Å². The van der Waals surface area contributed by atoms with E-state index in [1.807, 2.05) is 61.5 Å². The van der Waals surface area contributed by atoms with Crippen LogP contribution in [-0.2, 0) is 16.0 Å². The molecular formula is C22H21NO2. The van der Waals surface area contributed by atoms with E-state index in [0.717, 1.165) is 27.7 Å². The summed E-state index contributed by atoms with van der Waals surface area (Å²) in [7, 11) is 0. The van der Waals surface area contributed by atoms with Crippen molar-refractivity contribution in [2.75, 3.05) is 6.61 Å². The van der Waals surface area contributed by atoms with Crippen molar-refractivity contribution in [3.63, 3.8) is 0 Å². The van der Waals surface area contributed by atoms with Gasteiger partial charge in [-0.05, 0) is 42.7 Å². The molecule has 0 amide bonds. The number of pyridine rings is 1. The van der Waals surface area contributed by atoms with Crippen molar-refractivity contribution in [3.05, 3.63) is 77.5 Å². The topological polar surface area (TPSA) is 39.2 Å². The summed E-state index contributed by atoms with van der Waals surface area (Å²) in [6.45, 7) is 2.25. The SMILES string of the molecule is CCOC(=O)CCc1cccc(C=Cc2ccc3ccccc3n2)c1. The number of carbonyl (C=O) groups excluding carboxylic acids is 1. The number of aryl methyl sites for hydroxylation is 1. The zero-order valence-corrected chi connectivity index (χ0v) is 14.3. The standard InChI is InChI=1S/C22H21NO2/c1-2-25-22(24)15-11-18-7-5-6-17(16-18)10-13-20-14-12-19-8-3-4-9-21(19)23-20/h3-10,12-14,16H,2,11,15H2,1H3. The molecule has 3 aromatic rings. The minimum Gasteiger partial charge on any atom is -0.466 e. The number of hydrogen-bond acceptors (Lipinski definition) is 3. The van der Waals surface area contributed by atoms with Crippen molar-refractivity contribution in [3.8, 4) is 0 Å². The Bertz CT molecular complexity index is 899. The lowest BCUT2D eigenvalue weighted by Crippen LogP contribution is -2.05. The second-order valence-electron chi connectivity index (χ2n) is 5.81. The van der Waals surface area contributed by atoms with Crippen molar-refractivity contribution in [1.82, 2.24) is 4.98 Å². The Morgan fingerprint density at radius 2 is 1.92 bits per heavy atom. The van der Waals surface area contributed by atoms with Crippen LogP contribution in [0, 0.1) is 0 Å². The maximum Gasteiger partial charge on any atom is 0.306 e. The Labute approximate surface area is 148 Å². The summed E-state index contributed by atoms with van der Waals surface area (Å²) < 4.78 is 4.97. The summed E-state index contributed by atoms with van der Waals surface area (Å²) in [6, 6.07) is 20.4. The van der Waals surface area contributed by atoms with E-state index < -0.39 is 0 Å². The normalized spacial score (nSPS) is 11.1. The van der Waals surface area contributed by atoms with Crippen LogP contribution in [0.2, 0.25) is 0 Å². The van der Waals surface area contributed by atoms with Crippen LogP contribution in [-0.4, -0.2) is 17.6 Å². The second kappa shape index (κ2) is 8.25. The summed E-state index contributed by atoms with van der Waals surface area (Å²) in [5.74, 6) is -0.149. The number of benzene rings is 2. The van der Waals surface area contributed by atoms with Crippen LogP contribution >= 0.6 is 0 Å². The van der Waals surface area contributed by atoms with Gasteiger partial charge in [-0.25, -0.2) is 4.98 Å². The molecule has 1 aromatic heterocycles. The minimum atomic E-state index is -0.149. The first-order chi connectivity index (χ1) is 12.2. The number of nitrogens with zero attached hydrogens (tertiary/aromatic N) is 1. The lowest BCUT2D eigenvalue weighted by Gasteiger charge is -2.03. The van der Waals surface area contributed by atoms with Gasteiger partial charge >= 0.3 is 5.97 Å². The van der Waals surface area contributed by atoms with Gasteiger partial charge in [0.1, 0.15) is 0 Å². The van der Waals surface area contributed by atoms with E-state index in [0.29, 0.717) is 19.4 Å². The Hall–Kier alpha value is -2.94. The van der Waals surface area contributed by atoms with Crippen molar-refractivity contribution < 1.29 is 9.53 Å². The van der Waals surface area contributed by atoms with Gasteiger partial charge in [-0.2, -0.15) is 0 Å². The molecule has 0 unspecified atom stereocenters. The van der Waals surface area contributed by atoms with Gasteiger partial charge in [-0.15, -0.1) is 0 Å². The molecule has 0 aliphatic carbocycles. The first-order valence-electron chi connectivity index (χ1n) is 8.53. The van der Waals surface area contributed by atoms with Crippen LogP contribution in [0.25, 0.3) is 23.1 Å². The number of rotatable bonds is 6. The minimum absolute atomic E-state index is 0.149. The van der Waals surface area contributed by atoms with E-state index in [1.54, 1.807) is 0 Å². The summed E-state index contributed by atoms with van der Waals surface area (Å²) in [6.07, 6.45) is 5.16. The molecule has 0 aliphatic rings. The molecule has 1 heterocycles. The predicted molar refractivity (Wildman–Crippen MR) is 102 cm³/mol. The number of para-hydroxylation sites is 1. The van der Waals surface area contributed by atoms with Gasteiger partial charge in [-0.3, -0.25) is 4.79 Å². The van der Waals surface area contributed by atoms with Gasteiger partial charge in [0.15, 0.2) is 0 Å². The molecule has 126 valence electrons. The quantitative estimate of drug-likeness (QED) is 0.603. The molecule has 0 saturated carbocycles. The molecule has 0 spiro atoms. The molecule has 3 rings (SSSR count). The van der Waals surface area contributed by atoms with Crippen LogP contribution < -0.4 is 0 Å². The van der Waals surface area contributed by atoms with Gasteiger partial charge in [0.2, 0.25) is 0 Å². The molecule has 3 heteroatoms. The highest BCUT2D eigenvalue weighted by Gasteiger charge is 2.02. The molecule has 0 aliphatic heterocycles. The van der Waals surface area contributed by atoms with Crippen molar-refractivity contribution in [1.29, 1.82) is 0 Å². The van der Waals surface area contributed by atoms with Crippen LogP contribution in [0.5, 0.6) is 0 Å². The third kappa shape index (κ3) is 4.77. The Morgan fingerprint density at radius 3 is 2.80 bits per heavy atom. The number of carbonyl (C=O) groups is 1. The van der Waals surface area contributed by atoms with Gasteiger partial charge in [-0.1, -0.05) is 54.6 Å². The van der Waals surface area contributed by atoms with Crippen LogP contribution in [0.15, 0.2) is 60.7 Å². The van der Waals surface area contributed by atoms with Crippen molar-refractivity contribution in [2.45, 2.75) is 19.8 Å². The predicted octanol–water partition coefficient (Wildman–Crippen LogP) is 4.90.